The van der Waals surface area contributed by atoms with Crippen molar-refractivity contribution < 1.29 is 56.1 Å². The number of phenolic OH excluding ortho intramolecular Hbond substituents is 1. The zero-order valence-corrected chi connectivity index (χ0v) is 26.1. The molecular formula is C32H25Cl2F5N2O7. The highest BCUT2D eigenvalue weighted by Crippen LogP contribution is 2.66. The molecule has 0 aromatic heterocycles. The predicted octanol–water partition coefficient (Wildman–Crippen LogP) is 5.30. The molecule has 16 heteroatoms. The Morgan fingerprint density at radius 2 is 1.44 bits per heavy atom. The van der Waals surface area contributed by atoms with Crippen LogP contribution in [0.4, 0.5) is 27.6 Å². The van der Waals surface area contributed by atoms with Crippen molar-refractivity contribution in [2.45, 2.75) is 54.2 Å². The molecule has 0 radical (unpaired) electrons. The maximum absolute atomic E-state index is 15.1. The highest BCUT2D eigenvalue weighted by molar-refractivity contribution is 6.58. The number of carbonyl (C=O) groups excluding carboxylic acids is 4. The van der Waals surface area contributed by atoms with E-state index in [1.165, 1.54) is 24.3 Å². The number of alkyl halides is 2. The van der Waals surface area contributed by atoms with Gasteiger partial charge in [-0.25, -0.2) is 26.9 Å². The molecule has 2 aromatic carbocycles. The fraction of sp³-hybridized carbons (Fsp3) is 0.406. The fourth-order valence-electron chi connectivity index (χ4n) is 7.62. The van der Waals surface area contributed by atoms with Gasteiger partial charge in [-0.05, 0) is 49.3 Å². The molecule has 6 rings (SSSR count). The van der Waals surface area contributed by atoms with Crippen LogP contribution in [0.2, 0.25) is 0 Å². The first-order chi connectivity index (χ1) is 22.6. The van der Waals surface area contributed by atoms with E-state index in [-0.39, 0.29) is 41.2 Å². The Morgan fingerprint density at radius 3 is 2.04 bits per heavy atom. The van der Waals surface area contributed by atoms with E-state index in [2.05, 4.69) is 0 Å². The fourth-order valence-corrected chi connectivity index (χ4v) is 8.55. The highest BCUT2D eigenvalue weighted by Gasteiger charge is 2.77. The number of imide groups is 2. The number of aromatic hydroxyl groups is 1. The molecule has 254 valence electrons. The van der Waals surface area contributed by atoms with Crippen molar-refractivity contribution in [2.75, 3.05) is 11.4 Å². The summed E-state index contributed by atoms with van der Waals surface area (Å²) in [4.78, 5) is 62.0. The lowest BCUT2D eigenvalue weighted by Crippen LogP contribution is -2.60. The summed E-state index contributed by atoms with van der Waals surface area (Å²) in [7, 11) is 0. The van der Waals surface area contributed by atoms with E-state index in [4.69, 9.17) is 28.3 Å². The quantitative estimate of drug-likeness (QED) is 0.0722. The lowest BCUT2D eigenvalue weighted by atomic mass is 9.56. The van der Waals surface area contributed by atoms with Crippen molar-refractivity contribution in [1.82, 2.24) is 4.90 Å². The number of rotatable bonds is 8. The van der Waals surface area contributed by atoms with Crippen LogP contribution in [-0.4, -0.2) is 61.0 Å². The smallest absolute Gasteiger partial charge is 0.303 e. The number of carboxylic acid groups (broad SMARTS) is 1. The summed E-state index contributed by atoms with van der Waals surface area (Å²) < 4.78 is 72.7. The second kappa shape index (κ2) is 11.8. The monoisotopic (exact) mass is 714 g/mol. The Bertz CT molecular complexity index is 1800. The molecule has 1 saturated carbocycles. The van der Waals surface area contributed by atoms with Crippen molar-refractivity contribution in [3.8, 4) is 5.75 Å². The van der Waals surface area contributed by atoms with E-state index in [1.807, 2.05) is 0 Å². The number of likely N-dealkylation sites (tertiary alicyclic amines) is 1. The van der Waals surface area contributed by atoms with Crippen molar-refractivity contribution in [3.05, 3.63) is 70.6 Å². The number of carboxylic acids is 1. The summed E-state index contributed by atoms with van der Waals surface area (Å²) >= 11 is 14.1. The van der Waals surface area contributed by atoms with Crippen LogP contribution in [0, 0.1) is 46.8 Å². The molecule has 9 nitrogen and oxygen atoms in total. The standard InChI is InChI=1S/C32H25Cl2F5N2O7/c33-31-12-17-15(9-10-16-19(17)28(46)40(27(16)45)11-3-1-2-4-18(43)44)20(13-5-7-14(42)8-6-13)32(31,34)30(48)41(29(31)47)26-24(38)22(36)21(35)23(37)25(26)39/h5-9,16-17,19-20,42H,1-4,10-12H2,(H,43,44)/t16-,17+,19-,20-,31+,32-/m0/s1. The van der Waals surface area contributed by atoms with Crippen molar-refractivity contribution in [3.63, 3.8) is 0 Å². The van der Waals surface area contributed by atoms with Crippen LogP contribution < -0.4 is 4.90 Å². The number of hydrogen-bond donors (Lipinski definition) is 2. The minimum absolute atomic E-state index is 0.00306. The summed E-state index contributed by atoms with van der Waals surface area (Å²) in [6.45, 7) is -0.00929. The van der Waals surface area contributed by atoms with Gasteiger partial charge in [0, 0.05) is 18.9 Å². The minimum atomic E-state index is -2.65. The molecular weight excluding hydrogens is 690 g/mol. The van der Waals surface area contributed by atoms with E-state index in [0.29, 0.717) is 19.3 Å². The third kappa shape index (κ3) is 4.66. The van der Waals surface area contributed by atoms with Crippen LogP contribution in [0.15, 0.2) is 35.9 Å². The van der Waals surface area contributed by atoms with Gasteiger partial charge in [0.25, 0.3) is 11.8 Å². The van der Waals surface area contributed by atoms with Gasteiger partial charge in [-0.15, -0.1) is 23.2 Å². The van der Waals surface area contributed by atoms with E-state index >= 15 is 8.78 Å². The Morgan fingerprint density at radius 1 is 0.833 bits per heavy atom. The van der Waals surface area contributed by atoms with Gasteiger partial charge in [0.1, 0.15) is 11.4 Å². The molecule has 2 heterocycles. The molecule has 4 aliphatic rings. The topological polar surface area (TPSA) is 132 Å². The number of halogens is 7. The first-order valence-electron chi connectivity index (χ1n) is 14.9. The first-order valence-corrected chi connectivity index (χ1v) is 15.7. The highest BCUT2D eigenvalue weighted by atomic mass is 35.5. The number of allylic oxidation sites excluding steroid dienone is 2. The normalized spacial score (nSPS) is 29.6. The number of benzene rings is 2. The predicted molar refractivity (Wildman–Crippen MR) is 157 cm³/mol. The summed E-state index contributed by atoms with van der Waals surface area (Å²) in [5.74, 6) is -22.3. The molecule has 48 heavy (non-hydrogen) atoms. The van der Waals surface area contributed by atoms with Crippen LogP contribution in [-0.2, 0) is 24.0 Å². The maximum Gasteiger partial charge on any atom is 0.303 e. The number of phenols is 1. The lowest BCUT2D eigenvalue weighted by Gasteiger charge is -2.50. The third-order valence-corrected chi connectivity index (χ3v) is 11.2. The first kappa shape index (κ1) is 33.8. The molecule has 6 atom stereocenters. The van der Waals surface area contributed by atoms with Crippen LogP contribution in [0.25, 0.3) is 0 Å². The summed E-state index contributed by atoms with van der Waals surface area (Å²) in [6.07, 6.45) is 1.91. The molecule has 4 amide bonds. The van der Waals surface area contributed by atoms with Crippen molar-refractivity contribution >= 4 is 58.5 Å². The summed E-state index contributed by atoms with van der Waals surface area (Å²) in [6, 6.07) is 5.11. The van der Waals surface area contributed by atoms with Gasteiger partial charge >= 0.3 is 5.97 Å². The van der Waals surface area contributed by atoms with Gasteiger partial charge in [0.15, 0.2) is 33.0 Å². The minimum Gasteiger partial charge on any atom is -0.508 e. The number of amides is 4. The second-order valence-electron chi connectivity index (χ2n) is 12.3. The van der Waals surface area contributed by atoms with Crippen LogP contribution in [0.5, 0.6) is 5.75 Å². The number of unbranched alkanes of at least 4 members (excludes halogenated alkanes) is 2. The van der Waals surface area contributed by atoms with Crippen LogP contribution in [0.1, 0.15) is 50.0 Å². The largest absolute Gasteiger partial charge is 0.508 e. The number of carbonyl (C=O) groups is 5. The van der Waals surface area contributed by atoms with Gasteiger partial charge in [-0.2, -0.15) is 0 Å². The van der Waals surface area contributed by atoms with Gasteiger partial charge < -0.3 is 10.2 Å². The Kier molecular flexibility index (Phi) is 8.34. The van der Waals surface area contributed by atoms with Gasteiger partial charge in [0.2, 0.25) is 17.6 Å². The summed E-state index contributed by atoms with van der Waals surface area (Å²) in [5, 5.41) is 18.8. The molecule has 2 N–H and O–H groups in total. The third-order valence-electron chi connectivity index (χ3n) is 9.81. The van der Waals surface area contributed by atoms with Gasteiger partial charge in [0.05, 0.1) is 11.8 Å². The molecule has 3 fully saturated rings. The van der Waals surface area contributed by atoms with Crippen LogP contribution in [0.3, 0.4) is 0 Å². The van der Waals surface area contributed by atoms with Gasteiger partial charge in [-0.3, -0.25) is 28.9 Å². The van der Waals surface area contributed by atoms with E-state index in [1.54, 1.807) is 6.08 Å². The molecule has 2 aliphatic heterocycles. The number of anilines is 1. The van der Waals surface area contributed by atoms with Crippen molar-refractivity contribution in [1.29, 1.82) is 0 Å². The van der Waals surface area contributed by atoms with Crippen molar-refractivity contribution in [2.24, 2.45) is 17.8 Å². The van der Waals surface area contributed by atoms with Crippen LogP contribution >= 0.6 is 23.2 Å². The maximum atomic E-state index is 15.1. The molecule has 0 bridgehead atoms. The Labute approximate surface area is 278 Å². The zero-order valence-electron chi connectivity index (χ0n) is 24.6. The molecule has 2 aliphatic carbocycles. The number of hydrogen-bond acceptors (Lipinski definition) is 6. The molecule has 2 aromatic rings. The van der Waals surface area contributed by atoms with E-state index in [0.717, 1.165) is 4.90 Å². The zero-order chi connectivity index (χ0) is 35.0. The van der Waals surface area contributed by atoms with E-state index in [9.17, 15) is 42.3 Å². The SMILES string of the molecule is O=C(O)CCCCCN1C(=O)[C@H]2[C@H](CC=C3[C@H]2C[C@@]2(Cl)C(=O)N(c4c(F)c(F)c(F)c(F)c4F)C(=O)[C@@]2(Cl)[C@H]3c2ccc(O)cc2)C1=O. The number of nitrogens with zero attached hydrogens (tertiary/aromatic N) is 2. The van der Waals surface area contributed by atoms with E-state index < -0.39 is 104 Å². The molecule has 0 unspecified atom stereocenters. The Hall–Kier alpha value is -4.04. The van der Waals surface area contributed by atoms with Gasteiger partial charge in [-0.1, -0.05) is 30.2 Å². The lowest BCUT2D eigenvalue weighted by molar-refractivity contribution is -0.141. The molecule has 0 spiro atoms. The molecule has 2 saturated heterocycles. The number of fused-ring (bicyclic) bond motifs is 4. The Balaban J connectivity index is 1.45. The average molecular weight is 715 g/mol. The number of aliphatic carboxylic acids is 1. The summed E-state index contributed by atoms with van der Waals surface area (Å²) in [5.41, 5.74) is -1.41. The second-order valence-corrected chi connectivity index (χ2v) is 13.6. The average Bonchev–Trinajstić information content (AvgIpc) is 3.37.